The zero-order valence-corrected chi connectivity index (χ0v) is 5.83. The molecule has 1 heterocycles. The number of aromatic hydroxyl groups is 1. The van der Waals surface area contributed by atoms with E-state index in [2.05, 4.69) is 4.98 Å². The van der Waals surface area contributed by atoms with Crippen molar-refractivity contribution >= 4 is 16.5 Å². The van der Waals surface area contributed by atoms with Gasteiger partial charge in [-0.15, -0.1) is 0 Å². The number of aromatic amines is 1. The van der Waals surface area contributed by atoms with Crippen molar-refractivity contribution in [1.29, 1.82) is 0 Å². The Labute approximate surface area is 63.5 Å². The Balaban J connectivity index is 2.86. The Kier molecular flexibility index (Phi) is 1.06. The van der Waals surface area contributed by atoms with E-state index in [9.17, 15) is 5.11 Å². The zero-order valence-electron chi connectivity index (χ0n) is 5.83. The van der Waals surface area contributed by atoms with Crippen molar-refractivity contribution in [3.8, 4) is 5.88 Å². The lowest BCUT2D eigenvalue weighted by Crippen LogP contribution is -1.81. The van der Waals surface area contributed by atoms with E-state index in [4.69, 9.17) is 5.73 Å². The van der Waals surface area contributed by atoms with Crippen molar-refractivity contribution in [1.82, 2.24) is 4.98 Å². The smallest absolute Gasteiger partial charge is 0.196 e. The highest BCUT2D eigenvalue weighted by molar-refractivity contribution is 5.89. The molecule has 0 bridgehead atoms. The number of H-pyrrole nitrogens is 1. The molecule has 0 spiro atoms. The van der Waals surface area contributed by atoms with Crippen LogP contribution in [0.2, 0.25) is 0 Å². The van der Waals surface area contributed by atoms with Crippen molar-refractivity contribution in [3.05, 3.63) is 24.4 Å². The highest BCUT2D eigenvalue weighted by atomic mass is 16.3. The van der Waals surface area contributed by atoms with E-state index in [0.29, 0.717) is 5.69 Å². The van der Waals surface area contributed by atoms with E-state index in [1.807, 2.05) is 6.07 Å². The third-order valence-corrected chi connectivity index (χ3v) is 1.70. The first-order valence-corrected chi connectivity index (χ1v) is 3.33. The van der Waals surface area contributed by atoms with Crippen LogP contribution >= 0.6 is 0 Å². The summed E-state index contributed by atoms with van der Waals surface area (Å²) in [4.78, 5) is 2.70. The van der Waals surface area contributed by atoms with Gasteiger partial charge in [0.05, 0.1) is 0 Å². The van der Waals surface area contributed by atoms with Crippen molar-refractivity contribution < 1.29 is 5.11 Å². The second-order valence-electron chi connectivity index (χ2n) is 2.48. The lowest BCUT2D eigenvalue weighted by molar-refractivity contribution is 0.462. The maximum Gasteiger partial charge on any atom is 0.196 e. The van der Waals surface area contributed by atoms with Gasteiger partial charge in [0, 0.05) is 22.7 Å². The summed E-state index contributed by atoms with van der Waals surface area (Å²) in [6.07, 6.45) is 1.72. The van der Waals surface area contributed by atoms with Gasteiger partial charge >= 0.3 is 0 Å². The van der Waals surface area contributed by atoms with Gasteiger partial charge in [-0.1, -0.05) is 0 Å². The molecular formula is C8H8N2O. The molecule has 1 aromatic carbocycles. The van der Waals surface area contributed by atoms with Crippen molar-refractivity contribution in [2.75, 3.05) is 5.73 Å². The van der Waals surface area contributed by atoms with Gasteiger partial charge in [0.2, 0.25) is 0 Å². The van der Waals surface area contributed by atoms with E-state index < -0.39 is 0 Å². The fourth-order valence-corrected chi connectivity index (χ4v) is 1.14. The molecule has 2 rings (SSSR count). The first kappa shape index (κ1) is 6.09. The van der Waals surface area contributed by atoms with Gasteiger partial charge in [0.1, 0.15) is 0 Å². The predicted octanol–water partition coefficient (Wildman–Crippen LogP) is 1.46. The molecule has 0 fully saturated rings. The van der Waals surface area contributed by atoms with Crippen LogP contribution in [0.5, 0.6) is 5.88 Å². The molecule has 2 aromatic rings. The summed E-state index contributed by atoms with van der Waals surface area (Å²) >= 11 is 0. The molecule has 4 N–H and O–H groups in total. The Morgan fingerprint density at radius 2 is 2.18 bits per heavy atom. The number of nitrogen functional groups attached to an aromatic ring is 1. The number of nitrogens with two attached hydrogens (primary N) is 1. The van der Waals surface area contributed by atoms with E-state index in [-0.39, 0.29) is 5.88 Å². The molecule has 0 saturated heterocycles. The van der Waals surface area contributed by atoms with Crippen molar-refractivity contribution in [2.45, 2.75) is 0 Å². The molecule has 0 atom stereocenters. The van der Waals surface area contributed by atoms with Gasteiger partial charge in [-0.25, -0.2) is 0 Å². The summed E-state index contributed by atoms with van der Waals surface area (Å²) < 4.78 is 0. The molecule has 11 heavy (non-hydrogen) atoms. The van der Waals surface area contributed by atoms with E-state index >= 15 is 0 Å². The van der Waals surface area contributed by atoms with Crippen molar-refractivity contribution in [3.63, 3.8) is 0 Å². The highest BCUT2D eigenvalue weighted by Crippen LogP contribution is 2.24. The standard InChI is InChI=1S/C8H8N2O/c9-6-1-2-7-5(3-6)4-10-8(7)11/h1-4,10-11H,9H2. The zero-order chi connectivity index (χ0) is 7.84. The minimum atomic E-state index is 0.194. The monoisotopic (exact) mass is 148 g/mol. The van der Waals surface area contributed by atoms with Crippen LogP contribution in [0.25, 0.3) is 10.8 Å². The summed E-state index contributed by atoms with van der Waals surface area (Å²) in [5, 5.41) is 10.9. The maximum atomic E-state index is 9.21. The van der Waals surface area contributed by atoms with Gasteiger partial charge in [-0.2, -0.15) is 0 Å². The van der Waals surface area contributed by atoms with Crippen LogP contribution in [0.4, 0.5) is 5.69 Å². The van der Waals surface area contributed by atoms with Gasteiger partial charge in [0.25, 0.3) is 0 Å². The number of hydrogen-bond acceptors (Lipinski definition) is 2. The summed E-state index contributed by atoms with van der Waals surface area (Å²) in [6.45, 7) is 0. The summed E-state index contributed by atoms with van der Waals surface area (Å²) in [6, 6.07) is 5.36. The third-order valence-electron chi connectivity index (χ3n) is 1.70. The SMILES string of the molecule is Nc1ccc2c(O)[nH]cc2c1. The number of fused-ring (bicyclic) bond motifs is 1. The first-order valence-electron chi connectivity index (χ1n) is 3.33. The van der Waals surface area contributed by atoms with Crippen LogP contribution in [0.15, 0.2) is 24.4 Å². The van der Waals surface area contributed by atoms with Crippen LogP contribution in [-0.4, -0.2) is 10.1 Å². The molecule has 0 unspecified atom stereocenters. The quantitative estimate of drug-likeness (QED) is 0.495. The van der Waals surface area contributed by atoms with E-state index in [1.54, 1.807) is 18.3 Å². The minimum absolute atomic E-state index is 0.194. The Morgan fingerprint density at radius 3 is 3.00 bits per heavy atom. The highest BCUT2D eigenvalue weighted by Gasteiger charge is 1.99. The second-order valence-corrected chi connectivity index (χ2v) is 2.48. The number of benzene rings is 1. The number of anilines is 1. The van der Waals surface area contributed by atoms with Gasteiger partial charge < -0.3 is 15.8 Å². The molecule has 0 saturated carbocycles. The average Bonchev–Trinajstić information content (AvgIpc) is 2.32. The van der Waals surface area contributed by atoms with Crippen LogP contribution in [-0.2, 0) is 0 Å². The molecular weight excluding hydrogens is 140 g/mol. The maximum absolute atomic E-state index is 9.21. The molecule has 0 aliphatic rings. The van der Waals surface area contributed by atoms with E-state index in [0.717, 1.165) is 10.8 Å². The first-order chi connectivity index (χ1) is 5.27. The van der Waals surface area contributed by atoms with Gasteiger partial charge in [-0.3, -0.25) is 0 Å². The lowest BCUT2D eigenvalue weighted by Gasteiger charge is -1.91. The number of rotatable bonds is 0. The lowest BCUT2D eigenvalue weighted by atomic mass is 10.2. The fourth-order valence-electron chi connectivity index (χ4n) is 1.14. The molecule has 0 amide bonds. The fraction of sp³-hybridized carbons (Fsp3) is 0. The van der Waals surface area contributed by atoms with Crippen LogP contribution in [0.3, 0.4) is 0 Å². The Morgan fingerprint density at radius 1 is 1.36 bits per heavy atom. The number of hydrogen-bond donors (Lipinski definition) is 3. The number of aromatic nitrogens is 1. The molecule has 0 radical (unpaired) electrons. The van der Waals surface area contributed by atoms with Crippen LogP contribution in [0, 0.1) is 0 Å². The summed E-state index contributed by atoms with van der Waals surface area (Å²) in [7, 11) is 0. The molecule has 56 valence electrons. The second kappa shape index (κ2) is 1.92. The Hall–Kier alpha value is -1.64. The van der Waals surface area contributed by atoms with Crippen LogP contribution in [0.1, 0.15) is 0 Å². The predicted molar refractivity (Wildman–Crippen MR) is 44.4 cm³/mol. The molecule has 0 aliphatic carbocycles. The van der Waals surface area contributed by atoms with Crippen molar-refractivity contribution in [2.24, 2.45) is 0 Å². The summed E-state index contributed by atoms with van der Waals surface area (Å²) in [5.74, 6) is 0.194. The molecule has 1 aromatic heterocycles. The topological polar surface area (TPSA) is 62.0 Å². The molecule has 0 aliphatic heterocycles. The normalized spacial score (nSPS) is 10.5. The molecule has 3 heteroatoms. The molecule has 3 nitrogen and oxygen atoms in total. The summed E-state index contributed by atoms with van der Waals surface area (Å²) in [5.41, 5.74) is 6.24. The largest absolute Gasteiger partial charge is 0.494 e. The van der Waals surface area contributed by atoms with Crippen LogP contribution < -0.4 is 5.73 Å². The minimum Gasteiger partial charge on any atom is -0.494 e. The van der Waals surface area contributed by atoms with E-state index in [1.165, 1.54) is 0 Å². The third kappa shape index (κ3) is 0.816. The Bertz CT molecular complexity index is 392. The van der Waals surface area contributed by atoms with Gasteiger partial charge in [-0.05, 0) is 18.2 Å². The average molecular weight is 148 g/mol. The van der Waals surface area contributed by atoms with Gasteiger partial charge in [0.15, 0.2) is 5.88 Å². The number of nitrogens with one attached hydrogen (secondary N) is 1.